The van der Waals surface area contributed by atoms with E-state index in [4.69, 9.17) is 0 Å². The molecule has 2 aromatic rings. The quantitative estimate of drug-likeness (QED) is 0.583. The number of nitro groups is 1. The van der Waals surface area contributed by atoms with Crippen LogP contribution in [0.25, 0.3) is 0 Å². The lowest BCUT2D eigenvalue weighted by Gasteiger charge is -2.35. The minimum atomic E-state index is -3.58. The van der Waals surface area contributed by atoms with E-state index in [1.165, 1.54) is 18.5 Å². The van der Waals surface area contributed by atoms with Gasteiger partial charge in [0.05, 0.1) is 15.5 Å². The number of sulfone groups is 1. The van der Waals surface area contributed by atoms with Crippen molar-refractivity contribution >= 4 is 21.2 Å². The van der Waals surface area contributed by atoms with Crippen LogP contribution in [-0.2, 0) is 16.4 Å². The monoisotopic (exact) mass is 365 g/mol. The Balaban J connectivity index is 1.88. The van der Waals surface area contributed by atoms with Gasteiger partial charge in [-0.15, -0.1) is 0 Å². The van der Waals surface area contributed by atoms with Crippen LogP contribution in [0.15, 0.2) is 35.7 Å². The molecule has 134 valence electrons. The molecule has 3 rings (SSSR count). The lowest BCUT2D eigenvalue weighted by molar-refractivity contribution is -0.385. The molecule has 1 aliphatic rings. The summed E-state index contributed by atoms with van der Waals surface area (Å²) in [5, 5.41) is 15.1. The number of hydrogen-bond donors (Lipinski definition) is 0. The zero-order valence-corrected chi connectivity index (χ0v) is 14.6. The summed E-state index contributed by atoms with van der Waals surface area (Å²) in [7, 11) is -3.58. The molecule has 0 N–H and O–H groups in total. The van der Waals surface area contributed by atoms with Gasteiger partial charge in [-0.1, -0.05) is 0 Å². The maximum absolute atomic E-state index is 12.1. The van der Waals surface area contributed by atoms with Gasteiger partial charge in [-0.05, 0) is 24.8 Å². The van der Waals surface area contributed by atoms with Crippen LogP contribution in [0.3, 0.4) is 0 Å². The molecule has 1 aromatic heterocycles. The number of anilines is 1. The van der Waals surface area contributed by atoms with Crippen molar-refractivity contribution in [3.63, 3.8) is 0 Å². The van der Waals surface area contributed by atoms with Gasteiger partial charge in [0.1, 0.15) is 12.7 Å². The van der Waals surface area contributed by atoms with Crippen molar-refractivity contribution < 1.29 is 13.3 Å². The Kier molecular flexibility index (Phi) is 4.71. The molecule has 1 saturated heterocycles. The second-order valence-corrected chi connectivity index (χ2v) is 8.24. The van der Waals surface area contributed by atoms with Gasteiger partial charge in [-0.3, -0.25) is 14.8 Å². The topological polar surface area (TPSA) is 111 Å². The van der Waals surface area contributed by atoms with Gasteiger partial charge >= 0.3 is 0 Å². The van der Waals surface area contributed by atoms with Gasteiger partial charge in [-0.25, -0.2) is 13.4 Å². The molecule has 10 heteroatoms. The number of piperidine rings is 1. The highest BCUT2D eigenvalue weighted by Gasteiger charge is 2.26. The molecule has 0 amide bonds. The lowest BCUT2D eigenvalue weighted by Crippen LogP contribution is -2.37. The van der Waals surface area contributed by atoms with E-state index in [-0.39, 0.29) is 10.6 Å². The number of non-ortho nitro benzene ring substituents is 1. The van der Waals surface area contributed by atoms with Crippen LogP contribution in [0.2, 0.25) is 0 Å². The molecule has 9 nitrogen and oxygen atoms in total. The van der Waals surface area contributed by atoms with Gasteiger partial charge in [0.15, 0.2) is 9.84 Å². The van der Waals surface area contributed by atoms with E-state index >= 15 is 0 Å². The van der Waals surface area contributed by atoms with Crippen LogP contribution in [0.4, 0.5) is 11.4 Å². The van der Waals surface area contributed by atoms with Crippen LogP contribution in [0, 0.1) is 16.0 Å². The predicted molar refractivity (Wildman–Crippen MR) is 91.2 cm³/mol. The highest BCUT2D eigenvalue weighted by molar-refractivity contribution is 7.90. The molecule has 1 aliphatic heterocycles. The first-order chi connectivity index (χ1) is 11.8. The lowest BCUT2D eigenvalue weighted by atomic mass is 9.97. The number of rotatable bonds is 5. The average molecular weight is 365 g/mol. The van der Waals surface area contributed by atoms with E-state index in [1.54, 1.807) is 11.0 Å². The normalized spacial score (nSPS) is 18.3. The van der Waals surface area contributed by atoms with Gasteiger partial charge in [-0.2, -0.15) is 5.10 Å². The van der Waals surface area contributed by atoms with E-state index in [9.17, 15) is 18.5 Å². The minimum Gasteiger partial charge on any atom is -0.370 e. The first-order valence-corrected chi connectivity index (χ1v) is 9.79. The maximum Gasteiger partial charge on any atom is 0.270 e. The Labute approximate surface area is 145 Å². The van der Waals surface area contributed by atoms with Crippen molar-refractivity contribution in [2.24, 2.45) is 5.92 Å². The summed E-state index contributed by atoms with van der Waals surface area (Å²) in [4.78, 5) is 16.3. The van der Waals surface area contributed by atoms with E-state index in [2.05, 4.69) is 10.1 Å². The van der Waals surface area contributed by atoms with Crippen LogP contribution in [0.1, 0.15) is 12.8 Å². The van der Waals surface area contributed by atoms with Crippen molar-refractivity contribution in [3.05, 3.63) is 41.0 Å². The summed E-state index contributed by atoms with van der Waals surface area (Å²) in [5.41, 5.74) is 0.303. The second-order valence-electron chi connectivity index (χ2n) is 6.25. The summed E-state index contributed by atoms with van der Waals surface area (Å²) in [5.74, 6) is 0.304. The zero-order chi connectivity index (χ0) is 18.0. The molecule has 0 bridgehead atoms. The summed E-state index contributed by atoms with van der Waals surface area (Å²) in [6.45, 7) is 2.09. The van der Waals surface area contributed by atoms with Crippen molar-refractivity contribution in [3.8, 4) is 0 Å². The fourth-order valence-corrected chi connectivity index (χ4v) is 4.11. The highest BCUT2D eigenvalue weighted by atomic mass is 32.2. The number of benzene rings is 1. The van der Waals surface area contributed by atoms with E-state index in [0.29, 0.717) is 31.2 Å². The Morgan fingerprint density at radius 1 is 1.40 bits per heavy atom. The summed E-state index contributed by atoms with van der Waals surface area (Å²) < 4.78 is 26.0. The molecule has 1 aromatic carbocycles. The molecule has 0 aliphatic carbocycles. The first-order valence-electron chi connectivity index (χ1n) is 7.90. The summed E-state index contributed by atoms with van der Waals surface area (Å²) >= 11 is 0. The second kappa shape index (κ2) is 6.79. The van der Waals surface area contributed by atoms with E-state index in [0.717, 1.165) is 25.2 Å². The summed E-state index contributed by atoms with van der Waals surface area (Å²) in [6, 6.07) is 4.03. The van der Waals surface area contributed by atoms with Crippen LogP contribution in [0.5, 0.6) is 0 Å². The molecular weight excluding hydrogens is 346 g/mol. The molecule has 1 fully saturated rings. The molecule has 2 heterocycles. The SMILES string of the molecule is CS(=O)(=O)c1cc([N+](=O)[O-])ccc1N1CCCC(Cn2cncn2)C1. The molecular formula is C15H19N5O4S. The maximum atomic E-state index is 12.1. The van der Waals surface area contributed by atoms with Gasteiger partial charge < -0.3 is 4.90 Å². The Bertz CT molecular complexity index is 866. The van der Waals surface area contributed by atoms with Gasteiger partial charge in [0.2, 0.25) is 0 Å². The Morgan fingerprint density at radius 3 is 2.84 bits per heavy atom. The van der Waals surface area contributed by atoms with E-state index in [1.807, 2.05) is 4.90 Å². The minimum absolute atomic E-state index is 0.00288. The molecule has 25 heavy (non-hydrogen) atoms. The fraction of sp³-hybridized carbons (Fsp3) is 0.467. The van der Waals surface area contributed by atoms with Crippen LogP contribution >= 0.6 is 0 Å². The van der Waals surface area contributed by atoms with Crippen molar-refractivity contribution in [1.82, 2.24) is 14.8 Å². The third-order valence-electron chi connectivity index (χ3n) is 4.33. The first kappa shape index (κ1) is 17.3. The number of aromatic nitrogens is 3. The number of nitro benzene ring substituents is 1. The third kappa shape index (κ3) is 3.95. The molecule has 0 spiro atoms. The third-order valence-corrected chi connectivity index (χ3v) is 5.45. The van der Waals surface area contributed by atoms with Crippen LogP contribution in [-0.4, -0.2) is 47.5 Å². The van der Waals surface area contributed by atoms with Gasteiger partial charge in [0, 0.05) is 38.0 Å². The Hall–Kier alpha value is -2.49. The molecule has 1 unspecified atom stereocenters. The van der Waals surface area contributed by atoms with Crippen molar-refractivity contribution in [2.75, 3.05) is 24.2 Å². The summed E-state index contributed by atoms with van der Waals surface area (Å²) in [6.07, 6.45) is 6.15. The Morgan fingerprint density at radius 2 is 2.20 bits per heavy atom. The smallest absolute Gasteiger partial charge is 0.270 e. The largest absolute Gasteiger partial charge is 0.370 e. The van der Waals surface area contributed by atoms with E-state index < -0.39 is 14.8 Å². The number of nitrogens with zero attached hydrogens (tertiary/aromatic N) is 5. The van der Waals surface area contributed by atoms with Crippen molar-refractivity contribution in [1.29, 1.82) is 0 Å². The highest BCUT2D eigenvalue weighted by Crippen LogP contribution is 2.32. The van der Waals surface area contributed by atoms with Gasteiger partial charge in [0.25, 0.3) is 5.69 Å². The molecule has 0 radical (unpaired) electrons. The average Bonchev–Trinajstić information content (AvgIpc) is 3.06. The standard InChI is InChI=1S/C15H19N5O4S/c1-25(23,24)15-7-13(20(21)22)4-5-14(15)18-6-2-3-12(8-18)9-19-11-16-10-17-19/h4-5,7,10-12H,2-3,6,8-9H2,1H3. The molecule has 0 saturated carbocycles. The zero-order valence-electron chi connectivity index (χ0n) is 13.8. The predicted octanol–water partition coefficient (Wildman–Crippen LogP) is 1.51. The number of hydrogen-bond acceptors (Lipinski definition) is 7. The fourth-order valence-electron chi connectivity index (χ4n) is 3.20. The molecule has 1 atom stereocenters. The van der Waals surface area contributed by atoms with Crippen molar-refractivity contribution in [2.45, 2.75) is 24.3 Å². The van der Waals surface area contributed by atoms with Crippen LogP contribution < -0.4 is 4.90 Å².